The van der Waals surface area contributed by atoms with E-state index in [1.54, 1.807) is 0 Å². The second-order valence-electron chi connectivity index (χ2n) is 7.11. The molecule has 0 radical (unpaired) electrons. The van der Waals surface area contributed by atoms with E-state index in [9.17, 15) is 0 Å². The van der Waals surface area contributed by atoms with Gasteiger partial charge in [-0.15, -0.1) is 0 Å². The van der Waals surface area contributed by atoms with Crippen LogP contribution < -0.4 is 0 Å². The van der Waals surface area contributed by atoms with Crippen LogP contribution in [0.5, 0.6) is 0 Å². The van der Waals surface area contributed by atoms with Gasteiger partial charge in [0.1, 0.15) is 8.24 Å². The Morgan fingerprint density at radius 2 is 1.68 bits per heavy atom. The van der Waals surface area contributed by atoms with Gasteiger partial charge in [0.25, 0.3) is 0 Å². The Morgan fingerprint density at radius 3 is 2.11 bits per heavy atom. The second kappa shape index (κ2) is 6.06. The summed E-state index contributed by atoms with van der Waals surface area (Å²) in [6.45, 7) is 20.3. The molecule has 0 unspecified atom stereocenters. The maximum atomic E-state index is 4.11. The van der Waals surface area contributed by atoms with Gasteiger partial charge in [0.15, 0.2) is 0 Å². The van der Waals surface area contributed by atoms with Gasteiger partial charge in [-0.3, -0.25) is 0 Å². The third kappa shape index (κ3) is 4.32. The number of rotatable bonds is 5. The maximum Gasteiger partial charge on any atom is 0.128 e. The lowest BCUT2D eigenvalue weighted by Gasteiger charge is -2.46. The summed E-state index contributed by atoms with van der Waals surface area (Å²) in [5.74, 6) is 0. The SMILES string of the molecule is C=C(C)CN(Cc1ccccc1)[Si](C)(C)C(C)(C)C. The molecule has 0 aromatic heterocycles. The van der Waals surface area contributed by atoms with Crippen molar-refractivity contribution in [3.8, 4) is 0 Å². The van der Waals surface area contributed by atoms with Gasteiger partial charge in [-0.05, 0) is 17.5 Å². The van der Waals surface area contributed by atoms with Crippen LogP contribution in [0.1, 0.15) is 33.3 Å². The summed E-state index contributed by atoms with van der Waals surface area (Å²) in [7, 11) is -1.51. The zero-order chi connectivity index (χ0) is 14.7. The molecule has 0 aliphatic rings. The normalized spacial score (nSPS) is 12.8. The highest BCUT2D eigenvalue weighted by Gasteiger charge is 2.40. The summed E-state index contributed by atoms with van der Waals surface area (Å²) in [4.78, 5) is 0. The van der Waals surface area contributed by atoms with E-state index >= 15 is 0 Å². The molecule has 0 spiro atoms. The summed E-state index contributed by atoms with van der Waals surface area (Å²) in [6, 6.07) is 10.8. The molecule has 1 aromatic rings. The van der Waals surface area contributed by atoms with Crippen molar-refractivity contribution < 1.29 is 0 Å². The molecule has 0 bridgehead atoms. The summed E-state index contributed by atoms with van der Waals surface area (Å²) < 4.78 is 2.67. The van der Waals surface area contributed by atoms with Gasteiger partial charge < -0.3 is 4.57 Å². The van der Waals surface area contributed by atoms with Crippen molar-refractivity contribution in [3.05, 3.63) is 48.0 Å². The number of hydrogen-bond donors (Lipinski definition) is 0. The minimum absolute atomic E-state index is 0.358. The Balaban J connectivity index is 2.99. The van der Waals surface area contributed by atoms with E-state index in [1.807, 2.05) is 0 Å². The van der Waals surface area contributed by atoms with E-state index < -0.39 is 8.24 Å². The third-order valence-electron chi connectivity index (χ3n) is 4.30. The van der Waals surface area contributed by atoms with Gasteiger partial charge in [-0.1, -0.05) is 76.3 Å². The van der Waals surface area contributed by atoms with Crippen molar-refractivity contribution in [2.45, 2.75) is 52.4 Å². The van der Waals surface area contributed by atoms with Crippen LogP contribution in [0, 0.1) is 0 Å². The molecule has 1 rings (SSSR count). The Hall–Kier alpha value is -0.863. The van der Waals surface area contributed by atoms with Gasteiger partial charge in [0.2, 0.25) is 0 Å². The second-order valence-corrected chi connectivity index (χ2v) is 12.4. The minimum Gasteiger partial charge on any atom is -0.316 e. The largest absolute Gasteiger partial charge is 0.316 e. The first kappa shape index (κ1) is 16.2. The van der Waals surface area contributed by atoms with Crippen LogP contribution in [-0.2, 0) is 6.54 Å². The zero-order valence-electron chi connectivity index (χ0n) is 13.5. The lowest BCUT2D eigenvalue weighted by molar-refractivity contribution is 0.420. The van der Waals surface area contributed by atoms with Crippen LogP contribution in [0.2, 0.25) is 18.1 Å². The monoisotopic (exact) mass is 275 g/mol. The van der Waals surface area contributed by atoms with Crippen molar-refractivity contribution in [2.75, 3.05) is 6.54 Å². The standard InChI is InChI=1S/C17H29NSi/c1-15(2)13-18(19(6,7)17(3,4)5)14-16-11-9-8-10-12-16/h8-12H,1,13-14H2,2-7H3. The molecule has 106 valence electrons. The fourth-order valence-corrected chi connectivity index (χ4v) is 4.25. The molecular weight excluding hydrogens is 246 g/mol. The van der Waals surface area contributed by atoms with Crippen molar-refractivity contribution >= 4 is 8.24 Å². The highest BCUT2D eigenvalue weighted by Crippen LogP contribution is 2.39. The topological polar surface area (TPSA) is 3.24 Å². The average Bonchev–Trinajstić information content (AvgIpc) is 2.27. The Kier molecular flexibility index (Phi) is 5.16. The predicted octanol–water partition coefficient (Wildman–Crippen LogP) is 5.07. The van der Waals surface area contributed by atoms with Crippen molar-refractivity contribution in [1.29, 1.82) is 0 Å². The maximum absolute atomic E-state index is 4.11. The first-order chi connectivity index (χ1) is 8.64. The smallest absolute Gasteiger partial charge is 0.128 e. The van der Waals surface area contributed by atoms with E-state index in [4.69, 9.17) is 0 Å². The first-order valence-corrected chi connectivity index (χ1v) is 10.0. The lowest BCUT2D eigenvalue weighted by Crippen LogP contribution is -2.54. The molecule has 0 aliphatic carbocycles. The molecule has 0 saturated carbocycles. The Labute approximate surface area is 120 Å². The van der Waals surface area contributed by atoms with E-state index in [0.29, 0.717) is 5.04 Å². The summed E-state index contributed by atoms with van der Waals surface area (Å²) >= 11 is 0. The van der Waals surface area contributed by atoms with Crippen molar-refractivity contribution in [3.63, 3.8) is 0 Å². The van der Waals surface area contributed by atoms with Crippen LogP contribution in [-0.4, -0.2) is 19.3 Å². The zero-order valence-corrected chi connectivity index (χ0v) is 14.5. The van der Waals surface area contributed by atoms with E-state index in [0.717, 1.165) is 13.1 Å². The molecule has 0 atom stereocenters. The number of hydrogen-bond acceptors (Lipinski definition) is 1. The van der Waals surface area contributed by atoms with Gasteiger partial charge in [-0.2, -0.15) is 0 Å². The van der Waals surface area contributed by atoms with E-state index in [-0.39, 0.29) is 0 Å². The molecular formula is C17H29NSi. The third-order valence-corrected chi connectivity index (χ3v) is 9.87. The highest BCUT2D eigenvalue weighted by molar-refractivity contribution is 6.77. The van der Waals surface area contributed by atoms with Gasteiger partial charge in [0, 0.05) is 13.1 Å². The van der Waals surface area contributed by atoms with Crippen LogP contribution >= 0.6 is 0 Å². The molecule has 1 aromatic carbocycles. The van der Waals surface area contributed by atoms with Crippen LogP contribution in [0.15, 0.2) is 42.5 Å². The lowest BCUT2D eigenvalue weighted by atomic mass is 10.2. The number of benzene rings is 1. The Morgan fingerprint density at radius 1 is 1.16 bits per heavy atom. The van der Waals surface area contributed by atoms with Crippen molar-refractivity contribution in [1.82, 2.24) is 4.57 Å². The molecule has 1 nitrogen and oxygen atoms in total. The minimum atomic E-state index is -1.51. The molecule has 0 heterocycles. The van der Waals surface area contributed by atoms with Crippen LogP contribution in [0.3, 0.4) is 0 Å². The molecule has 2 heteroatoms. The molecule has 19 heavy (non-hydrogen) atoms. The quantitative estimate of drug-likeness (QED) is 0.535. The molecule has 0 aliphatic heterocycles. The van der Waals surface area contributed by atoms with Gasteiger partial charge in [0.05, 0.1) is 0 Å². The van der Waals surface area contributed by atoms with Gasteiger partial charge >= 0.3 is 0 Å². The van der Waals surface area contributed by atoms with Crippen LogP contribution in [0.4, 0.5) is 0 Å². The van der Waals surface area contributed by atoms with Crippen molar-refractivity contribution in [2.24, 2.45) is 0 Å². The molecule has 0 amide bonds. The number of nitrogens with zero attached hydrogens (tertiary/aromatic N) is 1. The Bertz CT molecular complexity index is 415. The fourth-order valence-electron chi connectivity index (χ4n) is 2.06. The van der Waals surface area contributed by atoms with Crippen LogP contribution in [0.25, 0.3) is 0 Å². The molecule has 0 fully saturated rings. The van der Waals surface area contributed by atoms with E-state index in [2.05, 4.69) is 82.3 Å². The summed E-state index contributed by atoms with van der Waals surface area (Å²) in [5, 5.41) is 0.358. The molecule has 0 saturated heterocycles. The van der Waals surface area contributed by atoms with Gasteiger partial charge in [-0.25, -0.2) is 0 Å². The predicted molar refractivity (Wildman–Crippen MR) is 88.9 cm³/mol. The summed E-state index contributed by atoms with van der Waals surface area (Å²) in [6.07, 6.45) is 0. The molecule has 0 N–H and O–H groups in total. The first-order valence-electron chi connectivity index (χ1n) is 7.08. The fraction of sp³-hybridized carbons (Fsp3) is 0.529. The van der Waals surface area contributed by atoms with E-state index in [1.165, 1.54) is 11.1 Å². The average molecular weight is 276 g/mol. The summed E-state index contributed by atoms with van der Waals surface area (Å²) in [5.41, 5.74) is 2.65. The highest BCUT2D eigenvalue weighted by atomic mass is 28.3.